The van der Waals surface area contributed by atoms with Gasteiger partial charge in [0.15, 0.2) is 6.20 Å². The Kier molecular flexibility index (Phi) is 6.37. The molecular formula is C30H28N5OS+. The van der Waals surface area contributed by atoms with E-state index in [2.05, 4.69) is 81.7 Å². The molecule has 0 fully saturated rings. The molecule has 1 amide bonds. The highest BCUT2D eigenvalue weighted by atomic mass is 32.2. The minimum Gasteiger partial charge on any atom is -0.350 e. The summed E-state index contributed by atoms with van der Waals surface area (Å²) >= 11 is 1.84. The van der Waals surface area contributed by atoms with Crippen LogP contribution in [0, 0.1) is 0 Å². The van der Waals surface area contributed by atoms with E-state index in [1.165, 1.54) is 21.4 Å². The molecule has 7 heteroatoms. The molecule has 0 aliphatic carbocycles. The first kappa shape index (κ1) is 23.3. The molecule has 37 heavy (non-hydrogen) atoms. The van der Waals surface area contributed by atoms with Gasteiger partial charge in [0.2, 0.25) is 11.4 Å². The van der Waals surface area contributed by atoms with Gasteiger partial charge in [0.05, 0.1) is 23.3 Å². The standard InChI is InChI=1S/C30H27N5OS/c1-33-18-15-22(24-10-3-5-12-26(24)33)19-30-34(27-13-6-7-14-28(27)37-30)21-29(36)31-20-23-9-2-4-11-25(23)35-17-8-16-32-35/h2-18,30H,19-21H2,1H3/p+1. The molecular weight excluding hydrogens is 478 g/mol. The van der Waals surface area contributed by atoms with Crippen LogP contribution in [-0.2, 0) is 24.8 Å². The van der Waals surface area contributed by atoms with Crippen LogP contribution in [0.4, 0.5) is 5.69 Å². The van der Waals surface area contributed by atoms with Crippen molar-refractivity contribution in [2.45, 2.75) is 23.2 Å². The monoisotopic (exact) mass is 506 g/mol. The SMILES string of the molecule is C[n+]1ccc(CC2Sc3ccccc3N2CC(=O)NCc2ccccc2-n2cccn2)c2ccccc21. The predicted octanol–water partition coefficient (Wildman–Crippen LogP) is 4.65. The van der Waals surface area contributed by atoms with Gasteiger partial charge in [-0.15, -0.1) is 0 Å². The highest BCUT2D eigenvalue weighted by Gasteiger charge is 2.32. The first-order chi connectivity index (χ1) is 18.2. The summed E-state index contributed by atoms with van der Waals surface area (Å²) < 4.78 is 3.98. The van der Waals surface area contributed by atoms with E-state index in [4.69, 9.17) is 0 Å². The minimum atomic E-state index is 0.00175. The summed E-state index contributed by atoms with van der Waals surface area (Å²) in [5.41, 5.74) is 5.61. The van der Waals surface area contributed by atoms with Crippen LogP contribution in [0.25, 0.3) is 16.6 Å². The lowest BCUT2D eigenvalue weighted by atomic mass is 10.1. The number of carbonyl (C=O) groups is 1. The number of nitrogens with zero attached hydrogens (tertiary/aromatic N) is 4. The number of aromatic nitrogens is 3. The second-order valence-corrected chi connectivity index (χ2v) is 10.4. The van der Waals surface area contributed by atoms with Crippen LogP contribution in [0.15, 0.2) is 108 Å². The molecule has 5 aromatic rings. The van der Waals surface area contributed by atoms with E-state index in [1.807, 2.05) is 59.0 Å². The lowest BCUT2D eigenvalue weighted by Crippen LogP contribution is -2.41. The van der Waals surface area contributed by atoms with Crippen LogP contribution in [0.5, 0.6) is 0 Å². The van der Waals surface area contributed by atoms with Gasteiger partial charge in [-0.25, -0.2) is 9.25 Å². The number of carbonyl (C=O) groups excluding carboxylic acids is 1. The Labute approximate surface area is 220 Å². The molecule has 0 saturated carbocycles. The molecule has 3 aromatic carbocycles. The number of thioether (sulfide) groups is 1. The second-order valence-electron chi connectivity index (χ2n) is 9.20. The van der Waals surface area contributed by atoms with Crippen LogP contribution in [0.2, 0.25) is 0 Å². The normalized spacial score (nSPS) is 14.6. The van der Waals surface area contributed by atoms with Crippen molar-refractivity contribution in [3.05, 3.63) is 115 Å². The van der Waals surface area contributed by atoms with E-state index in [1.54, 1.807) is 6.20 Å². The van der Waals surface area contributed by atoms with Crippen molar-refractivity contribution in [1.82, 2.24) is 15.1 Å². The second kappa shape index (κ2) is 10.1. The van der Waals surface area contributed by atoms with Gasteiger partial charge < -0.3 is 10.2 Å². The van der Waals surface area contributed by atoms with Crippen molar-refractivity contribution in [2.75, 3.05) is 11.4 Å². The lowest BCUT2D eigenvalue weighted by molar-refractivity contribution is -0.644. The van der Waals surface area contributed by atoms with Crippen molar-refractivity contribution < 1.29 is 9.36 Å². The number of aryl methyl sites for hydroxylation is 1. The molecule has 6 rings (SSSR count). The van der Waals surface area contributed by atoms with Gasteiger partial charge >= 0.3 is 0 Å². The zero-order valence-electron chi connectivity index (χ0n) is 20.6. The molecule has 0 saturated heterocycles. The zero-order chi connectivity index (χ0) is 25.2. The van der Waals surface area contributed by atoms with Crippen LogP contribution < -0.4 is 14.8 Å². The average molecular weight is 507 g/mol. The van der Waals surface area contributed by atoms with Gasteiger partial charge in [-0.3, -0.25) is 4.79 Å². The number of rotatable bonds is 7. The zero-order valence-corrected chi connectivity index (χ0v) is 21.4. The molecule has 6 nitrogen and oxygen atoms in total. The quantitative estimate of drug-likeness (QED) is 0.327. The van der Waals surface area contributed by atoms with E-state index in [0.29, 0.717) is 13.1 Å². The van der Waals surface area contributed by atoms with Gasteiger partial charge in [-0.05, 0) is 41.5 Å². The van der Waals surface area contributed by atoms with E-state index in [9.17, 15) is 4.79 Å². The Morgan fingerprint density at radius 1 is 0.946 bits per heavy atom. The third-order valence-corrected chi connectivity index (χ3v) is 8.13. The molecule has 0 spiro atoms. The van der Waals surface area contributed by atoms with Crippen LogP contribution in [0.3, 0.4) is 0 Å². The third kappa shape index (κ3) is 4.70. The largest absolute Gasteiger partial charge is 0.350 e. The van der Waals surface area contributed by atoms with Gasteiger partial charge in [0.1, 0.15) is 7.05 Å². The molecule has 1 atom stereocenters. The summed E-state index contributed by atoms with van der Waals surface area (Å²) in [6.45, 7) is 0.749. The Balaban J connectivity index is 1.22. The Bertz CT molecular complexity index is 1570. The molecule has 1 N–H and O–H groups in total. The summed E-state index contributed by atoms with van der Waals surface area (Å²) in [7, 11) is 2.08. The maximum absolute atomic E-state index is 13.2. The third-order valence-electron chi connectivity index (χ3n) is 6.84. The molecule has 1 unspecified atom stereocenters. The van der Waals surface area contributed by atoms with Gasteiger partial charge in [-0.1, -0.05) is 54.2 Å². The number of amides is 1. The summed E-state index contributed by atoms with van der Waals surface area (Å²) in [6, 6.07) is 29.0. The Morgan fingerprint density at radius 3 is 2.59 bits per heavy atom. The fraction of sp³-hybridized carbons (Fsp3) is 0.167. The number of nitrogens with one attached hydrogen (secondary N) is 1. The molecule has 1 aliphatic rings. The lowest BCUT2D eigenvalue weighted by Gasteiger charge is -2.26. The van der Waals surface area contributed by atoms with Crippen molar-refractivity contribution in [2.24, 2.45) is 7.05 Å². The summed E-state index contributed by atoms with van der Waals surface area (Å²) in [4.78, 5) is 16.7. The van der Waals surface area contributed by atoms with Crippen LogP contribution >= 0.6 is 11.8 Å². The maximum atomic E-state index is 13.2. The molecule has 184 valence electrons. The number of benzene rings is 3. The number of anilines is 1. The fourth-order valence-corrected chi connectivity index (χ4v) is 6.32. The molecule has 0 radical (unpaired) electrons. The molecule has 3 heterocycles. The van der Waals surface area contributed by atoms with Gasteiger partial charge in [-0.2, -0.15) is 5.10 Å². The first-order valence-corrected chi connectivity index (χ1v) is 13.3. The highest BCUT2D eigenvalue weighted by Crippen LogP contribution is 2.44. The smallest absolute Gasteiger partial charge is 0.239 e. The topological polar surface area (TPSA) is 54.0 Å². The van der Waals surface area contributed by atoms with E-state index in [-0.39, 0.29) is 11.3 Å². The average Bonchev–Trinajstić information content (AvgIpc) is 3.58. The predicted molar refractivity (Wildman–Crippen MR) is 148 cm³/mol. The Hall–Kier alpha value is -4.10. The summed E-state index contributed by atoms with van der Waals surface area (Å²) in [5, 5.41) is 8.89. The summed E-state index contributed by atoms with van der Waals surface area (Å²) in [5.74, 6) is 0.00175. The maximum Gasteiger partial charge on any atom is 0.239 e. The summed E-state index contributed by atoms with van der Waals surface area (Å²) in [6.07, 6.45) is 6.64. The molecule has 0 bridgehead atoms. The number of pyridine rings is 1. The number of hydrogen-bond donors (Lipinski definition) is 1. The van der Waals surface area contributed by atoms with E-state index >= 15 is 0 Å². The molecule has 1 aliphatic heterocycles. The van der Waals surface area contributed by atoms with Gasteiger partial charge in [0.25, 0.3) is 0 Å². The van der Waals surface area contributed by atoms with Crippen LogP contribution in [0.1, 0.15) is 11.1 Å². The first-order valence-electron chi connectivity index (χ1n) is 12.4. The minimum absolute atomic E-state index is 0.00175. The van der Waals surface area contributed by atoms with Crippen LogP contribution in [-0.4, -0.2) is 27.6 Å². The number of fused-ring (bicyclic) bond motifs is 2. The van der Waals surface area contributed by atoms with Crippen molar-refractivity contribution in [3.8, 4) is 5.69 Å². The molecule has 2 aromatic heterocycles. The fourth-order valence-electron chi connectivity index (χ4n) is 4.99. The van der Waals surface area contributed by atoms with Gasteiger partial charge in [0, 0.05) is 47.8 Å². The van der Waals surface area contributed by atoms with Crippen molar-refractivity contribution >= 4 is 34.3 Å². The van der Waals surface area contributed by atoms with E-state index in [0.717, 1.165) is 23.4 Å². The Morgan fingerprint density at radius 2 is 1.73 bits per heavy atom. The number of para-hydroxylation sites is 3. The van der Waals surface area contributed by atoms with Crippen molar-refractivity contribution in [1.29, 1.82) is 0 Å². The van der Waals surface area contributed by atoms with Crippen molar-refractivity contribution in [3.63, 3.8) is 0 Å². The number of hydrogen-bond acceptors (Lipinski definition) is 4. The van der Waals surface area contributed by atoms with E-state index < -0.39 is 0 Å². The highest BCUT2D eigenvalue weighted by molar-refractivity contribution is 8.00.